The molecule has 1 heterocycles. The molecule has 2 fully saturated rings. The van der Waals surface area contributed by atoms with Gasteiger partial charge >= 0.3 is 0 Å². The summed E-state index contributed by atoms with van der Waals surface area (Å²) in [6, 6.07) is 0. The predicted octanol–water partition coefficient (Wildman–Crippen LogP) is 1.29. The summed E-state index contributed by atoms with van der Waals surface area (Å²) in [5.41, 5.74) is 0.377. The molecule has 3 heteroatoms. The number of carbonyl (C=O) groups excluding carboxylic acids is 1. The highest BCUT2D eigenvalue weighted by atomic mass is 16.1. The quantitative estimate of drug-likeness (QED) is 0.737. The number of nitrogens with one attached hydrogen (secondary N) is 2. The van der Waals surface area contributed by atoms with Crippen molar-refractivity contribution >= 4 is 5.91 Å². The van der Waals surface area contributed by atoms with Gasteiger partial charge in [-0.25, -0.2) is 0 Å². The van der Waals surface area contributed by atoms with Crippen LogP contribution >= 0.6 is 0 Å². The van der Waals surface area contributed by atoms with Crippen molar-refractivity contribution in [3.63, 3.8) is 0 Å². The molecule has 3 nitrogen and oxygen atoms in total. The van der Waals surface area contributed by atoms with Gasteiger partial charge in [-0.05, 0) is 31.2 Å². The van der Waals surface area contributed by atoms with Crippen molar-refractivity contribution in [3.8, 4) is 0 Å². The number of carbonyl (C=O) groups is 1. The molecule has 0 aromatic rings. The Morgan fingerprint density at radius 3 is 2.80 bits per heavy atom. The molecule has 2 aliphatic rings. The first-order valence-corrected chi connectivity index (χ1v) is 6.18. The molecule has 2 rings (SSSR count). The van der Waals surface area contributed by atoms with Crippen molar-refractivity contribution in [2.45, 2.75) is 39.0 Å². The van der Waals surface area contributed by atoms with Gasteiger partial charge < -0.3 is 10.6 Å². The molecule has 1 saturated heterocycles. The van der Waals surface area contributed by atoms with Gasteiger partial charge in [-0.3, -0.25) is 4.79 Å². The first-order chi connectivity index (χ1) is 7.20. The van der Waals surface area contributed by atoms with E-state index in [4.69, 9.17) is 0 Å². The van der Waals surface area contributed by atoms with Crippen molar-refractivity contribution in [2.75, 3.05) is 19.6 Å². The lowest BCUT2D eigenvalue weighted by Gasteiger charge is -2.24. The van der Waals surface area contributed by atoms with Gasteiger partial charge in [0.05, 0.1) is 5.92 Å². The lowest BCUT2D eigenvalue weighted by Crippen LogP contribution is -2.38. The van der Waals surface area contributed by atoms with Crippen LogP contribution < -0.4 is 10.6 Å². The summed E-state index contributed by atoms with van der Waals surface area (Å²) in [6.07, 6.45) is 6.21. The molecule has 2 N–H and O–H groups in total. The third-order valence-electron chi connectivity index (χ3n) is 3.93. The normalized spacial score (nSPS) is 29.3. The van der Waals surface area contributed by atoms with Crippen molar-refractivity contribution in [2.24, 2.45) is 11.3 Å². The summed E-state index contributed by atoms with van der Waals surface area (Å²) in [5.74, 6) is 0.475. The minimum atomic E-state index is 0.218. The van der Waals surface area contributed by atoms with E-state index in [0.29, 0.717) is 5.41 Å². The summed E-state index contributed by atoms with van der Waals surface area (Å²) >= 11 is 0. The standard InChI is InChI=1S/C12H22N2O/c1-12(5-2-3-6-12)9-14-11(15)10-4-7-13-8-10/h10,13H,2-9H2,1H3,(H,14,15)/t10-/m1/s1. The lowest BCUT2D eigenvalue weighted by molar-refractivity contribution is -0.124. The maximum Gasteiger partial charge on any atom is 0.224 e. The van der Waals surface area contributed by atoms with Crippen molar-refractivity contribution in [1.29, 1.82) is 0 Å². The van der Waals surface area contributed by atoms with Crippen LogP contribution in [0.5, 0.6) is 0 Å². The van der Waals surface area contributed by atoms with Crippen LogP contribution in [-0.4, -0.2) is 25.5 Å². The highest BCUT2D eigenvalue weighted by Crippen LogP contribution is 2.36. The summed E-state index contributed by atoms with van der Waals surface area (Å²) in [4.78, 5) is 11.8. The Labute approximate surface area is 92.0 Å². The fourth-order valence-corrected chi connectivity index (χ4v) is 2.73. The Kier molecular flexibility index (Phi) is 3.29. The summed E-state index contributed by atoms with van der Waals surface area (Å²) in [6.45, 7) is 5.04. The molecule has 1 aliphatic carbocycles. The van der Waals surface area contributed by atoms with Gasteiger partial charge in [0.1, 0.15) is 0 Å². The molecular weight excluding hydrogens is 188 g/mol. The van der Waals surface area contributed by atoms with Crippen LogP contribution in [0.4, 0.5) is 0 Å². The van der Waals surface area contributed by atoms with E-state index in [0.717, 1.165) is 26.1 Å². The Morgan fingerprint density at radius 2 is 2.20 bits per heavy atom. The van der Waals surface area contributed by atoms with E-state index in [-0.39, 0.29) is 11.8 Å². The topological polar surface area (TPSA) is 41.1 Å². The van der Waals surface area contributed by atoms with Crippen molar-refractivity contribution in [1.82, 2.24) is 10.6 Å². The van der Waals surface area contributed by atoms with E-state index in [2.05, 4.69) is 17.6 Å². The van der Waals surface area contributed by atoms with Gasteiger partial charge in [0, 0.05) is 13.1 Å². The van der Waals surface area contributed by atoms with E-state index in [1.54, 1.807) is 0 Å². The number of amides is 1. The second kappa shape index (κ2) is 4.52. The van der Waals surface area contributed by atoms with Gasteiger partial charge in [0.25, 0.3) is 0 Å². The Bertz CT molecular complexity index is 228. The minimum absolute atomic E-state index is 0.218. The van der Waals surface area contributed by atoms with E-state index >= 15 is 0 Å². The predicted molar refractivity (Wildman–Crippen MR) is 60.6 cm³/mol. The monoisotopic (exact) mass is 210 g/mol. The molecular formula is C12H22N2O. The molecule has 0 spiro atoms. The van der Waals surface area contributed by atoms with Crippen LogP contribution in [0.2, 0.25) is 0 Å². The van der Waals surface area contributed by atoms with Crippen LogP contribution in [0.1, 0.15) is 39.0 Å². The fourth-order valence-electron chi connectivity index (χ4n) is 2.73. The first-order valence-electron chi connectivity index (χ1n) is 6.18. The number of rotatable bonds is 3. The van der Waals surface area contributed by atoms with E-state index in [1.807, 2.05) is 0 Å². The van der Waals surface area contributed by atoms with Gasteiger partial charge in [0.2, 0.25) is 5.91 Å². The van der Waals surface area contributed by atoms with Crippen molar-refractivity contribution < 1.29 is 4.79 Å². The summed E-state index contributed by atoms with van der Waals surface area (Å²) in [7, 11) is 0. The average molecular weight is 210 g/mol. The minimum Gasteiger partial charge on any atom is -0.355 e. The Morgan fingerprint density at radius 1 is 1.47 bits per heavy atom. The molecule has 0 radical (unpaired) electrons. The van der Waals surface area contributed by atoms with Gasteiger partial charge in [-0.15, -0.1) is 0 Å². The second-order valence-electron chi connectivity index (χ2n) is 5.43. The SMILES string of the molecule is CC1(CNC(=O)[C@@H]2CCNC2)CCCC1. The molecule has 0 unspecified atom stereocenters. The lowest BCUT2D eigenvalue weighted by atomic mass is 9.88. The zero-order valence-corrected chi connectivity index (χ0v) is 9.64. The second-order valence-corrected chi connectivity index (χ2v) is 5.43. The molecule has 0 aromatic heterocycles. The van der Waals surface area contributed by atoms with Crippen molar-refractivity contribution in [3.05, 3.63) is 0 Å². The summed E-state index contributed by atoms with van der Waals surface area (Å²) in [5, 5.41) is 6.36. The summed E-state index contributed by atoms with van der Waals surface area (Å²) < 4.78 is 0. The maximum atomic E-state index is 11.8. The van der Waals surface area contributed by atoms with Crippen LogP contribution in [0, 0.1) is 11.3 Å². The van der Waals surface area contributed by atoms with Crippen LogP contribution in [-0.2, 0) is 4.79 Å². The number of hydrogen-bond donors (Lipinski definition) is 2. The average Bonchev–Trinajstić information content (AvgIpc) is 2.85. The first kappa shape index (κ1) is 10.9. The molecule has 0 bridgehead atoms. The number of hydrogen-bond acceptors (Lipinski definition) is 2. The Balaban J connectivity index is 1.74. The largest absolute Gasteiger partial charge is 0.355 e. The smallest absolute Gasteiger partial charge is 0.224 e. The Hall–Kier alpha value is -0.570. The third-order valence-corrected chi connectivity index (χ3v) is 3.93. The molecule has 1 aliphatic heterocycles. The molecule has 0 aromatic carbocycles. The molecule has 86 valence electrons. The molecule has 1 saturated carbocycles. The molecule has 1 amide bonds. The fraction of sp³-hybridized carbons (Fsp3) is 0.917. The van der Waals surface area contributed by atoms with Crippen LogP contribution in [0.25, 0.3) is 0 Å². The van der Waals surface area contributed by atoms with E-state index in [9.17, 15) is 4.79 Å². The highest BCUT2D eigenvalue weighted by Gasteiger charge is 2.30. The van der Waals surface area contributed by atoms with Gasteiger partial charge in [0.15, 0.2) is 0 Å². The van der Waals surface area contributed by atoms with Gasteiger partial charge in [-0.1, -0.05) is 19.8 Å². The third kappa shape index (κ3) is 2.71. The van der Waals surface area contributed by atoms with Crippen LogP contribution in [0.15, 0.2) is 0 Å². The molecule has 1 atom stereocenters. The maximum absolute atomic E-state index is 11.8. The zero-order chi connectivity index (χ0) is 10.7. The van der Waals surface area contributed by atoms with Gasteiger partial charge in [-0.2, -0.15) is 0 Å². The molecule has 15 heavy (non-hydrogen) atoms. The van der Waals surface area contributed by atoms with E-state index in [1.165, 1.54) is 25.7 Å². The highest BCUT2D eigenvalue weighted by molar-refractivity contribution is 5.79. The van der Waals surface area contributed by atoms with Crippen LogP contribution in [0.3, 0.4) is 0 Å². The van der Waals surface area contributed by atoms with E-state index < -0.39 is 0 Å². The zero-order valence-electron chi connectivity index (χ0n) is 9.64.